The molecular weight excluding hydrogens is 585 g/mol. The van der Waals surface area contributed by atoms with Crippen LogP contribution in [0.5, 0.6) is 0 Å². The molecule has 0 saturated carbocycles. The Morgan fingerprint density at radius 2 is 1.93 bits per heavy atom. The lowest BCUT2D eigenvalue weighted by Gasteiger charge is -2.25. The summed E-state index contributed by atoms with van der Waals surface area (Å²) in [4.78, 5) is 20.0. The summed E-state index contributed by atoms with van der Waals surface area (Å²) in [7, 11) is -3.93. The first-order chi connectivity index (χ1) is 18.9. The molecular formula is C27H26ClF3N4O3S2. The van der Waals surface area contributed by atoms with Gasteiger partial charge in [-0.15, -0.1) is 11.3 Å². The number of pyridine rings is 1. The third-order valence-corrected chi connectivity index (χ3v) is 10.5. The van der Waals surface area contributed by atoms with Gasteiger partial charge in [-0.05, 0) is 61.7 Å². The number of benzene rings is 1. The van der Waals surface area contributed by atoms with E-state index in [0.717, 1.165) is 47.2 Å². The number of rotatable bonds is 7. The van der Waals surface area contributed by atoms with E-state index in [-0.39, 0.29) is 23.3 Å². The van der Waals surface area contributed by atoms with Gasteiger partial charge in [-0.1, -0.05) is 35.9 Å². The maximum atomic E-state index is 13.2. The second-order valence-electron chi connectivity index (χ2n) is 9.70. The number of carbonyl (C=O) groups is 1. The summed E-state index contributed by atoms with van der Waals surface area (Å²) in [5.74, 6) is 0.176. The number of nitrogens with one attached hydrogen (secondary N) is 1. The van der Waals surface area contributed by atoms with Crippen molar-refractivity contribution in [3.8, 4) is 11.3 Å². The average Bonchev–Trinajstić information content (AvgIpc) is 3.68. The number of anilines is 1. The highest BCUT2D eigenvalue weighted by atomic mass is 35.5. The molecule has 1 N–H and O–H groups in total. The largest absolute Gasteiger partial charge is 0.416 e. The van der Waals surface area contributed by atoms with Crippen LogP contribution in [0.4, 0.5) is 19.0 Å². The van der Waals surface area contributed by atoms with Crippen molar-refractivity contribution >= 4 is 44.7 Å². The van der Waals surface area contributed by atoms with E-state index in [0.29, 0.717) is 27.0 Å². The number of sulfonamides is 1. The van der Waals surface area contributed by atoms with Gasteiger partial charge >= 0.3 is 6.18 Å². The Labute approximate surface area is 239 Å². The second-order valence-corrected chi connectivity index (χ2v) is 13.5. The fraction of sp³-hybridized carbons (Fsp3) is 0.333. The molecule has 1 aromatic carbocycles. The van der Waals surface area contributed by atoms with Crippen LogP contribution in [0.25, 0.3) is 11.3 Å². The summed E-state index contributed by atoms with van der Waals surface area (Å²) >= 11 is 6.85. The predicted octanol–water partition coefficient (Wildman–Crippen LogP) is 5.72. The first-order valence-electron chi connectivity index (χ1n) is 12.6. The van der Waals surface area contributed by atoms with Crippen LogP contribution in [-0.2, 0) is 27.5 Å². The summed E-state index contributed by atoms with van der Waals surface area (Å²) in [5, 5.41) is 2.82. The summed E-state index contributed by atoms with van der Waals surface area (Å²) < 4.78 is 67.0. The van der Waals surface area contributed by atoms with Gasteiger partial charge in [0.1, 0.15) is 16.1 Å². The molecule has 5 rings (SSSR count). The molecule has 13 heteroatoms. The molecule has 4 heterocycles. The Morgan fingerprint density at radius 3 is 2.55 bits per heavy atom. The van der Waals surface area contributed by atoms with Crippen molar-refractivity contribution in [2.75, 3.05) is 18.0 Å². The summed E-state index contributed by atoms with van der Waals surface area (Å²) in [6.45, 7) is 3.01. The van der Waals surface area contributed by atoms with Gasteiger partial charge < -0.3 is 10.2 Å². The van der Waals surface area contributed by atoms with Crippen LogP contribution in [0.2, 0.25) is 4.34 Å². The van der Waals surface area contributed by atoms with E-state index < -0.39 is 33.7 Å². The normalized spacial score (nSPS) is 19.9. The number of carbonyl (C=O) groups excluding carboxylic acids is 1. The molecule has 2 aromatic heterocycles. The zero-order valence-electron chi connectivity index (χ0n) is 21.4. The average molecular weight is 611 g/mol. The Balaban J connectivity index is 1.38. The van der Waals surface area contributed by atoms with Crippen molar-refractivity contribution in [1.82, 2.24) is 14.6 Å². The molecule has 3 aromatic rings. The quantitative estimate of drug-likeness (QED) is 0.346. The molecule has 40 heavy (non-hydrogen) atoms. The second kappa shape index (κ2) is 11.2. The minimum absolute atomic E-state index is 0.0543. The highest BCUT2D eigenvalue weighted by Crippen LogP contribution is 2.33. The van der Waals surface area contributed by atoms with Crippen molar-refractivity contribution in [3.63, 3.8) is 0 Å². The summed E-state index contributed by atoms with van der Waals surface area (Å²) in [6.07, 6.45) is 0.706. The smallest absolute Gasteiger partial charge is 0.354 e. The van der Waals surface area contributed by atoms with Crippen molar-refractivity contribution < 1.29 is 26.4 Å². The number of alkyl halides is 3. The maximum Gasteiger partial charge on any atom is 0.416 e. The lowest BCUT2D eigenvalue weighted by Crippen LogP contribution is -2.45. The van der Waals surface area contributed by atoms with E-state index in [2.05, 4.69) is 17.1 Å². The van der Waals surface area contributed by atoms with Crippen LogP contribution in [-0.4, -0.2) is 48.8 Å². The Hall–Kier alpha value is -2.93. The Kier molecular flexibility index (Phi) is 7.97. The van der Waals surface area contributed by atoms with Gasteiger partial charge in [0.05, 0.1) is 15.6 Å². The molecule has 2 aliphatic heterocycles. The highest BCUT2D eigenvalue weighted by molar-refractivity contribution is 7.91. The molecule has 1 fully saturated rings. The van der Waals surface area contributed by atoms with Gasteiger partial charge in [-0.25, -0.2) is 13.4 Å². The van der Waals surface area contributed by atoms with Crippen molar-refractivity contribution in [2.45, 2.75) is 48.8 Å². The zero-order chi connectivity index (χ0) is 28.7. The van der Waals surface area contributed by atoms with Crippen LogP contribution in [0.3, 0.4) is 0 Å². The standard InChI is InChI=1S/C27H26ClF3N4O3S2/c1-17-4-2-12-34(17)24-15-18(14-21(33-24)19-6-8-20(9-7-19)27(29,30)31)16-32-26(36)22-5-3-13-35(22)40(37,38)25-11-10-23(28)39-25/h3,5-11,14-15,17,22H,2,4,12-13,16H2,1H3,(H,32,36). The minimum atomic E-state index is -4.44. The van der Waals surface area contributed by atoms with E-state index in [1.54, 1.807) is 18.2 Å². The lowest BCUT2D eigenvalue weighted by molar-refractivity contribution is -0.137. The van der Waals surface area contributed by atoms with Crippen LogP contribution in [0, 0.1) is 0 Å². The van der Waals surface area contributed by atoms with Crippen LogP contribution >= 0.6 is 22.9 Å². The highest BCUT2D eigenvalue weighted by Gasteiger charge is 2.37. The number of hydrogen-bond acceptors (Lipinski definition) is 6. The molecule has 1 amide bonds. The van der Waals surface area contributed by atoms with Gasteiger partial charge in [0.2, 0.25) is 5.91 Å². The molecule has 212 valence electrons. The molecule has 7 nitrogen and oxygen atoms in total. The Bertz CT molecular complexity index is 1540. The van der Waals surface area contributed by atoms with E-state index in [4.69, 9.17) is 16.6 Å². The minimum Gasteiger partial charge on any atom is -0.354 e. The maximum absolute atomic E-state index is 13.2. The monoisotopic (exact) mass is 610 g/mol. The number of thiophene rings is 1. The number of nitrogens with zero attached hydrogens (tertiary/aromatic N) is 3. The third-order valence-electron chi connectivity index (χ3n) is 6.99. The van der Waals surface area contributed by atoms with E-state index >= 15 is 0 Å². The topological polar surface area (TPSA) is 82.6 Å². The SMILES string of the molecule is CC1CCCN1c1cc(CNC(=O)C2C=CCN2S(=O)(=O)c2ccc(Cl)s2)cc(-c2ccc(C(F)(F)F)cc2)n1. The number of hydrogen-bond donors (Lipinski definition) is 1. The molecule has 2 unspecified atom stereocenters. The van der Waals surface area contributed by atoms with E-state index in [1.165, 1.54) is 24.3 Å². The van der Waals surface area contributed by atoms with Gasteiger partial charge in [-0.2, -0.15) is 17.5 Å². The van der Waals surface area contributed by atoms with Crippen molar-refractivity contribution in [1.29, 1.82) is 0 Å². The number of halogens is 4. The number of aromatic nitrogens is 1. The Morgan fingerprint density at radius 1 is 1.18 bits per heavy atom. The van der Waals surface area contributed by atoms with Gasteiger partial charge in [0.15, 0.2) is 0 Å². The van der Waals surface area contributed by atoms with Gasteiger partial charge in [0, 0.05) is 31.2 Å². The predicted molar refractivity (Wildman–Crippen MR) is 149 cm³/mol. The van der Waals surface area contributed by atoms with Crippen molar-refractivity contribution in [2.24, 2.45) is 0 Å². The summed E-state index contributed by atoms with van der Waals surface area (Å²) in [5.41, 5.74) is 0.935. The first-order valence-corrected chi connectivity index (χ1v) is 15.2. The zero-order valence-corrected chi connectivity index (χ0v) is 23.7. The number of amides is 1. The summed E-state index contributed by atoms with van der Waals surface area (Å²) in [6, 6.07) is 10.5. The fourth-order valence-corrected chi connectivity index (χ4v) is 8.00. The van der Waals surface area contributed by atoms with E-state index in [9.17, 15) is 26.4 Å². The molecule has 2 aliphatic rings. The fourth-order valence-electron chi connectivity index (χ4n) is 4.89. The molecule has 2 atom stereocenters. The first kappa shape index (κ1) is 28.6. The lowest BCUT2D eigenvalue weighted by atomic mass is 10.1. The van der Waals surface area contributed by atoms with Crippen LogP contribution in [0.1, 0.15) is 30.9 Å². The molecule has 0 radical (unpaired) electrons. The molecule has 0 aliphatic carbocycles. The molecule has 1 saturated heterocycles. The molecule has 0 bridgehead atoms. The molecule has 0 spiro atoms. The van der Waals surface area contributed by atoms with Crippen LogP contribution < -0.4 is 10.2 Å². The van der Waals surface area contributed by atoms with Gasteiger partial charge in [0.25, 0.3) is 10.0 Å². The van der Waals surface area contributed by atoms with E-state index in [1.807, 2.05) is 6.07 Å². The third kappa shape index (κ3) is 5.90. The van der Waals surface area contributed by atoms with Gasteiger partial charge in [-0.3, -0.25) is 4.79 Å². The van der Waals surface area contributed by atoms with Crippen LogP contribution in [0.15, 0.2) is 64.9 Å². The van der Waals surface area contributed by atoms with Crippen molar-refractivity contribution in [3.05, 3.63) is 76.1 Å².